The van der Waals surface area contributed by atoms with Crippen LogP contribution in [0.3, 0.4) is 0 Å². The number of hydrogen-bond donors (Lipinski definition) is 2. The van der Waals surface area contributed by atoms with E-state index in [1.54, 1.807) is 0 Å². The SMILES string of the molecule is CC(C)OP(=S)(NC(=S)N1CCOCCOCCOCCN(C(=S)NP(=S)(OC(C)C)OC(C)C)CCOCC1)OC(C)C. The minimum absolute atomic E-state index is 0.127. The molecule has 260 valence electrons. The molecular formula is C26H54N4O8P2S4. The van der Waals surface area contributed by atoms with Gasteiger partial charge < -0.3 is 46.8 Å². The lowest BCUT2D eigenvalue weighted by Gasteiger charge is -2.33. The minimum atomic E-state index is -2.87. The molecule has 0 aliphatic carbocycles. The molecule has 1 aliphatic rings. The van der Waals surface area contributed by atoms with Crippen LogP contribution in [0, 0.1) is 0 Å². The van der Waals surface area contributed by atoms with Crippen molar-refractivity contribution in [2.24, 2.45) is 0 Å². The van der Waals surface area contributed by atoms with Crippen LogP contribution < -0.4 is 10.2 Å². The summed E-state index contributed by atoms with van der Waals surface area (Å²) in [7, 11) is 0. The Morgan fingerprint density at radius 1 is 0.500 bits per heavy atom. The van der Waals surface area contributed by atoms with Gasteiger partial charge in [-0.1, -0.05) is 0 Å². The van der Waals surface area contributed by atoms with Gasteiger partial charge in [0.15, 0.2) is 10.2 Å². The average molecular weight is 741 g/mol. The summed E-state index contributed by atoms with van der Waals surface area (Å²) in [5.41, 5.74) is 0. The summed E-state index contributed by atoms with van der Waals surface area (Å²) in [4.78, 5) is 3.90. The van der Waals surface area contributed by atoms with Crippen LogP contribution >= 0.6 is 37.7 Å². The fraction of sp³-hybridized carbons (Fsp3) is 0.923. The van der Waals surface area contributed by atoms with Gasteiger partial charge >= 0.3 is 0 Å². The lowest BCUT2D eigenvalue weighted by Crippen LogP contribution is -2.44. The Hall–Kier alpha value is 0.360. The first-order valence-electron chi connectivity index (χ1n) is 15.0. The molecule has 0 amide bonds. The summed E-state index contributed by atoms with van der Waals surface area (Å²) < 4.78 is 47.2. The predicted octanol–water partition coefficient (Wildman–Crippen LogP) is 4.57. The molecule has 0 saturated carbocycles. The Kier molecular flexibility index (Phi) is 22.0. The average Bonchev–Trinajstić information content (AvgIpc) is 2.85. The molecule has 0 bridgehead atoms. The van der Waals surface area contributed by atoms with E-state index >= 15 is 0 Å². The van der Waals surface area contributed by atoms with E-state index < -0.39 is 13.3 Å². The van der Waals surface area contributed by atoms with Crippen LogP contribution in [-0.2, 0) is 60.7 Å². The quantitative estimate of drug-likeness (QED) is 0.241. The molecule has 12 nitrogen and oxygen atoms in total. The summed E-state index contributed by atoms with van der Waals surface area (Å²) in [6, 6.07) is 0. The summed E-state index contributed by atoms with van der Waals surface area (Å²) in [6.07, 6.45) is -0.509. The normalized spacial score (nSPS) is 18.0. The number of thiocarbonyl (C=S) groups is 2. The lowest BCUT2D eigenvalue weighted by atomic mass is 10.5. The highest BCUT2D eigenvalue weighted by Gasteiger charge is 2.27. The van der Waals surface area contributed by atoms with E-state index in [1.807, 2.05) is 65.2 Å². The first kappa shape index (κ1) is 42.4. The molecule has 1 fully saturated rings. The van der Waals surface area contributed by atoms with Gasteiger partial charge in [0.2, 0.25) is 0 Å². The van der Waals surface area contributed by atoms with Gasteiger partial charge in [-0.2, -0.15) is 0 Å². The number of nitrogens with zero attached hydrogens (tertiary/aromatic N) is 2. The molecule has 0 atom stereocenters. The van der Waals surface area contributed by atoms with E-state index in [0.29, 0.717) is 89.3 Å². The summed E-state index contributed by atoms with van der Waals surface area (Å²) in [5.74, 6) is 0. The van der Waals surface area contributed by atoms with Crippen LogP contribution in [0.2, 0.25) is 0 Å². The molecule has 1 heterocycles. The Labute approximate surface area is 286 Å². The van der Waals surface area contributed by atoms with Gasteiger partial charge in [0, 0.05) is 26.2 Å². The molecule has 0 aromatic rings. The van der Waals surface area contributed by atoms with Crippen LogP contribution in [0.25, 0.3) is 0 Å². The number of rotatable bonds is 10. The van der Waals surface area contributed by atoms with Crippen LogP contribution in [0.1, 0.15) is 55.4 Å². The third kappa shape index (κ3) is 19.9. The maximum atomic E-state index is 6.04. The summed E-state index contributed by atoms with van der Waals surface area (Å²) in [5, 5.41) is 7.24. The van der Waals surface area contributed by atoms with Crippen LogP contribution in [0.15, 0.2) is 0 Å². The Balaban J connectivity index is 2.95. The monoisotopic (exact) mass is 740 g/mol. The van der Waals surface area contributed by atoms with Crippen LogP contribution in [0.5, 0.6) is 0 Å². The standard InChI is InChI=1S/C26H54N4O8P2S4/c1-21(2)35-39(43,36-22(3)4)27-25(41)29-9-13-31-14-10-30(12-16-33-18-20-34-19-17-32-15-11-29)26(42)28-40(44,37-23(5)6)38-24(7)8/h21-24H,9-20H2,1-8H3,(H,27,41,43)(H,28,42,44). The largest absolute Gasteiger partial charge is 0.378 e. The van der Waals surface area contributed by atoms with Crippen molar-refractivity contribution >= 4 is 71.6 Å². The second-order valence-corrected chi connectivity index (χ2v) is 17.8. The molecule has 1 saturated heterocycles. The van der Waals surface area contributed by atoms with Crippen molar-refractivity contribution in [2.75, 3.05) is 79.0 Å². The molecule has 0 unspecified atom stereocenters. The van der Waals surface area contributed by atoms with Crippen molar-refractivity contribution in [3.8, 4) is 0 Å². The second kappa shape index (κ2) is 22.8. The maximum absolute atomic E-state index is 6.04. The molecule has 0 spiro atoms. The molecule has 18 heteroatoms. The third-order valence-corrected chi connectivity index (χ3v) is 11.6. The fourth-order valence-corrected chi connectivity index (χ4v) is 10.9. The molecule has 0 aromatic heterocycles. The Bertz CT molecular complexity index is 838. The van der Waals surface area contributed by atoms with Gasteiger partial charge in [-0.05, 0) is 103 Å². The van der Waals surface area contributed by atoms with Crippen molar-refractivity contribution in [2.45, 2.75) is 79.8 Å². The van der Waals surface area contributed by atoms with Crippen molar-refractivity contribution in [1.82, 2.24) is 20.0 Å². The summed E-state index contributed by atoms with van der Waals surface area (Å²) in [6.45, 7) is 15.1. The number of hydrogen-bond acceptors (Lipinski definition) is 12. The third-order valence-electron chi connectivity index (χ3n) is 5.20. The van der Waals surface area contributed by atoms with Crippen molar-refractivity contribution in [3.63, 3.8) is 0 Å². The molecule has 1 aliphatic heterocycles. The number of ether oxygens (including phenoxy) is 4. The zero-order valence-corrected chi connectivity index (χ0v) is 32.5. The fourth-order valence-electron chi connectivity index (χ4n) is 3.61. The molecule has 2 N–H and O–H groups in total. The van der Waals surface area contributed by atoms with Crippen molar-refractivity contribution in [3.05, 3.63) is 0 Å². The molecule has 0 radical (unpaired) electrons. The zero-order valence-electron chi connectivity index (χ0n) is 27.5. The van der Waals surface area contributed by atoms with E-state index in [9.17, 15) is 0 Å². The van der Waals surface area contributed by atoms with E-state index in [1.165, 1.54) is 0 Å². The smallest absolute Gasteiger partial charge is 0.289 e. The molecule has 0 aromatic carbocycles. The van der Waals surface area contributed by atoms with Gasteiger partial charge in [0.25, 0.3) is 13.3 Å². The Morgan fingerprint density at radius 2 is 0.727 bits per heavy atom. The summed E-state index contributed by atoms with van der Waals surface area (Å²) >= 11 is 23.0. The van der Waals surface area contributed by atoms with Gasteiger partial charge in [-0.25, -0.2) is 0 Å². The van der Waals surface area contributed by atoms with Gasteiger partial charge in [-0.15, -0.1) is 0 Å². The van der Waals surface area contributed by atoms with Crippen LogP contribution in [-0.4, -0.2) is 123 Å². The molecule has 1 rings (SSSR count). The lowest BCUT2D eigenvalue weighted by molar-refractivity contribution is 0.00807. The first-order valence-corrected chi connectivity index (χ1v) is 21.1. The topological polar surface area (TPSA) is 104 Å². The first-order chi connectivity index (χ1) is 20.6. The maximum Gasteiger partial charge on any atom is 0.289 e. The van der Waals surface area contributed by atoms with Gasteiger partial charge in [-0.3, -0.25) is 10.2 Å². The van der Waals surface area contributed by atoms with E-state index in [4.69, 9.17) is 85.1 Å². The van der Waals surface area contributed by atoms with Gasteiger partial charge in [0.05, 0.1) is 77.3 Å². The minimum Gasteiger partial charge on any atom is -0.378 e. The van der Waals surface area contributed by atoms with Gasteiger partial charge in [0.1, 0.15) is 0 Å². The highest BCUT2D eigenvalue weighted by Crippen LogP contribution is 2.47. The van der Waals surface area contributed by atoms with Crippen LogP contribution in [0.4, 0.5) is 0 Å². The predicted molar refractivity (Wildman–Crippen MR) is 191 cm³/mol. The highest BCUT2D eigenvalue weighted by atomic mass is 32.5. The number of nitrogens with one attached hydrogen (secondary N) is 2. The highest BCUT2D eigenvalue weighted by molar-refractivity contribution is 8.09. The van der Waals surface area contributed by atoms with E-state index in [-0.39, 0.29) is 24.4 Å². The second-order valence-electron chi connectivity index (χ2n) is 10.9. The van der Waals surface area contributed by atoms with Crippen molar-refractivity contribution < 1.29 is 37.0 Å². The molecular weight excluding hydrogens is 687 g/mol. The van der Waals surface area contributed by atoms with E-state index in [2.05, 4.69) is 10.2 Å². The van der Waals surface area contributed by atoms with E-state index in [0.717, 1.165) is 0 Å². The Morgan fingerprint density at radius 3 is 0.977 bits per heavy atom. The van der Waals surface area contributed by atoms with Crippen molar-refractivity contribution in [1.29, 1.82) is 0 Å². The zero-order chi connectivity index (χ0) is 33.2. The molecule has 44 heavy (non-hydrogen) atoms.